The molecule has 96 valence electrons. The van der Waals surface area contributed by atoms with Gasteiger partial charge in [-0.2, -0.15) is 0 Å². The van der Waals surface area contributed by atoms with Gasteiger partial charge in [0.15, 0.2) is 0 Å². The van der Waals surface area contributed by atoms with Crippen molar-refractivity contribution < 1.29 is 9.59 Å². The van der Waals surface area contributed by atoms with Crippen LogP contribution in [0.1, 0.15) is 31.1 Å². The van der Waals surface area contributed by atoms with Crippen molar-refractivity contribution in [1.29, 1.82) is 0 Å². The number of fused-ring (bicyclic) bond motifs is 1. The Kier molecular flexibility index (Phi) is 3.30. The number of nitrogens with zero attached hydrogens (tertiary/aromatic N) is 1. The van der Waals surface area contributed by atoms with Crippen LogP contribution >= 0.6 is 11.6 Å². The van der Waals surface area contributed by atoms with Gasteiger partial charge < -0.3 is 10.2 Å². The zero-order chi connectivity index (χ0) is 13.4. The van der Waals surface area contributed by atoms with E-state index in [-0.39, 0.29) is 0 Å². The maximum atomic E-state index is 11.5. The molecule has 4 nitrogen and oxygen atoms in total. The summed E-state index contributed by atoms with van der Waals surface area (Å²) in [5.74, 6) is -1.11. The van der Waals surface area contributed by atoms with Crippen LogP contribution in [0, 0.1) is 0 Å². The molecule has 1 heterocycles. The SMILES string of the molecule is CCN(c1cc2c(cc1Cl)C(=O)C(=O)N2)C(C)C. The highest BCUT2D eigenvalue weighted by atomic mass is 35.5. The molecule has 2 rings (SSSR count). The van der Waals surface area contributed by atoms with Crippen molar-refractivity contribution in [2.75, 3.05) is 16.8 Å². The third kappa shape index (κ3) is 1.97. The van der Waals surface area contributed by atoms with Gasteiger partial charge in [-0.1, -0.05) is 11.6 Å². The lowest BCUT2D eigenvalue weighted by molar-refractivity contribution is -0.112. The fraction of sp³-hybridized carbons (Fsp3) is 0.385. The smallest absolute Gasteiger partial charge is 0.296 e. The van der Waals surface area contributed by atoms with Gasteiger partial charge in [-0.15, -0.1) is 0 Å². The summed E-state index contributed by atoms with van der Waals surface area (Å²) >= 11 is 6.21. The molecule has 18 heavy (non-hydrogen) atoms. The Hall–Kier alpha value is -1.55. The minimum absolute atomic E-state index is 0.290. The number of carbonyl (C=O) groups excluding carboxylic acids is 2. The molecule has 0 atom stereocenters. The molecule has 0 fully saturated rings. The zero-order valence-corrected chi connectivity index (χ0v) is 11.3. The fourth-order valence-corrected chi connectivity index (χ4v) is 2.46. The molecule has 0 saturated carbocycles. The molecule has 0 aromatic heterocycles. The fourth-order valence-electron chi connectivity index (χ4n) is 2.19. The van der Waals surface area contributed by atoms with Crippen molar-refractivity contribution in [2.45, 2.75) is 26.8 Å². The number of hydrogen-bond donors (Lipinski definition) is 1. The van der Waals surface area contributed by atoms with E-state index >= 15 is 0 Å². The standard InChI is InChI=1S/C13H15ClN2O2/c1-4-16(7(2)3)11-6-10-8(5-9(11)14)12(17)13(18)15-10/h5-7H,4H2,1-3H3,(H,15,17,18). The molecule has 0 radical (unpaired) electrons. The molecule has 1 aliphatic heterocycles. The van der Waals surface area contributed by atoms with E-state index in [0.29, 0.717) is 22.3 Å². The maximum Gasteiger partial charge on any atom is 0.296 e. The molecule has 1 amide bonds. The highest BCUT2D eigenvalue weighted by Crippen LogP contribution is 2.35. The Bertz CT molecular complexity index is 526. The number of hydrogen-bond acceptors (Lipinski definition) is 3. The molecule has 1 aromatic carbocycles. The lowest BCUT2D eigenvalue weighted by Gasteiger charge is -2.28. The lowest BCUT2D eigenvalue weighted by atomic mass is 10.1. The third-order valence-electron chi connectivity index (χ3n) is 3.06. The van der Waals surface area contributed by atoms with Gasteiger partial charge in [0.05, 0.1) is 22.0 Å². The summed E-state index contributed by atoms with van der Waals surface area (Å²) < 4.78 is 0. The number of benzene rings is 1. The number of anilines is 2. The van der Waals surface area contributed by atoms with Crippen LogP contribution in [0.15, 0.2) is 12.1 Å². The van der Waals surface area contributed by atoms with E-state index < -0.39 is 11.7 Å². The second-order valence-corrected chi connectivity index (χ2v) is 4.92. The van der Waals surface area contributed by atoms with Crippen LogP contribution in [0.2, 0.25) is 5.02 Å². The number of halogens is 1. The molecule has 1 N–H and O–H groups in total. The van der Waals surface area contributed by atoms with Gasteiger partial charge in [0, 0.05) is 12.6 Å². The Morgan fingerprint density at radius 3 is 2.56 bits per heavy atom. The van der Waals surface area contributed by atoms with E-state index in [1.807, 2.05) is 6.92 Å². The number of ketones is 1. The number of amides is 1. The van der Waals surface area contributed by atoms with Crippen molar-refractivity contribution in [1.82, 2.24) is 0 Å². The van der Waals surface area contributed by atoms with E-state index in [0.717, 1.165) is 12.2 Å². The van der Waals surface area contributed by atoms with Crippen LogP contribution in [-0.4, -0.2) is 24.3 Å². The quantitative estimate of drug-likeness (QED) is 0.856. The summed E-state index contributed by atoms with van der Waals surface area (Å²) in [6.07, 6.45) is 0. The van der Waals surface area contributed by atoms with Gasteiger partial charge in [-0.25, -0.2) is 0 Å². The average molecular weight is 267 g/mol. The number of rotatable bonds is 3. The summed E-state index contributed by atoms with van der Waals surface area (Å²) in [5, 5.41) is 3.05. The number of carbonyl (C=O) groups is 2. The van der Waals surface area contributed by atoms with Crippen LogP contribution in [-0.2, 0) is 4.79 Å². The van der Waals surface area contributed by atoms with E-state index in [9.17, 15) is 9.59 Å². The second-order valence-electron chi connectivity index (χ2n) is 4.51. The predicted molar refractivity (Wildman–Crippen MR) is 72.6 cm³/mol. The van der Waals surface area contributed by atoms with Gasteiger partial charge in [-0.05, 0) is 32.9 Å². The first-order valence-corrected chi connectivity index (χ1v) is 6.29. The summed E-state index contributed by atoms with van der Waals surface area (Å²) in [6, 6.07) is 3.62. The monoisotopic (exact) mass is 266 g/mol. The number of nitrogens with one attached hydrogen (secondary N) is 1. The lowest BCUT2D eigenvalue weighted by Crippen LogP contribution is -2.30. The van der Waals surface area contributed by atoms with Crippen molar-refractivity contribution in [3.8, 4) is 0 Å². The molecule has 1 aromatic rings. The Labute approximate surface area is 111 Å². The summed E-state index contributed by atoms with van der Waals surface area (Å²) in [5.41, 5.74) is 1.74. The van der Waals surface area contributed by atoms with Crippen LogP contribution in [0.3, 0.4) is 0 Å². The maximum absolute atomic E-state index is 11.5. The van der Waals surface area contributed by atoms with Gasteiger partial charge in [-0.3, -0.25) is 9.59 Å². The molecular formula is C13H15ClN2O2. The van der Waals surface area contributed by atoms with E-state index in [1.54, 1.807) is 12.1 Å². The molecular weight excluding hydrogens is 252 g/mol. The summed E-state index contributed by atoms with van der Waals surface area (Å²) in [4.78, 5) is 25.0. The van der Waals surface area contributed by atoms with E-state index in [2.05, 4.69) is 24.1 Å². The second kappa shape index (κ2) is 4.61. The molecule has 0 spiro atoms. The van der Waals surface area contributed by atoms with Crippen molar-refractivity contribution >= 4 is 34.7 Å². The third-order valence-corrected chi connectivity index (χ3v) is 3.36. The molecule has 0 unspecified atom stereocenters. The molecule has 5 heteroatoms. The predicted octanol–water partition coefficient (Wildman–Crippen LogP) is 2.71. The van der Waals surface area contributed by atoms with Gasteiger partial charge >= 0.3 is 0 Å². The average Bonchev–Trinajstić information content (AvgIpc) is 2.56. The van der Waals surface area contributed by atoms with Crippen molar-refractivity contribution in [3.63, 3.8) is 0 Å². The molecule has 1 aliphatic rings. The topological polar surface area (TPSA) is 49.4 Å². The first-order valence-electron chi connectivity index (χ1n) is 5.91. The highest BCUT2D eigenvalue weighted by molar-refractivity contribution is 6.52. The van der Waals surface area contributed by atoms with E-state index in [1.165, 1.54) is 0 Å². The van der Waals surface area contributed by atoms with Gasteiger partial charge in [0.1, 0.15) is 0 Å². The molecule has 0 aliphatic carbocycles. The summed E-state index contributed by atoms with van der Waals surface area (Å²) in [6.45, 7) is 6.97. The number of Topliss-reactive ketones (excluding diaryl/α,β-unsaturated/α-hetero) is 1. The van der Waals surface area contributed by atoms with Crippen LogP contribution in [0.5, 0.6) is 0 Å². The minimum Gasteiger partial charge on any atom is -0.368 e. The largest absolute Gasteiger partial charge is 0.368 e. The first-order chi connectivity index (χ1) is 8.45. The van der Waals surface area contributed by atoms with Crippen LogP contribution in [0.25, 0.3) is 0 Å². The Morgan fingerprint density at radius 2 is 2.00 bits per heavy atom. The summed E-state index contributed by atoms with van der Waals surface area (Å²) in [7, 11) is 0. The normalized spacial score (nSPS) is 13.8. The zero-order valence-electron chi connectivity index (χ0n) is 10.6. The van der Waals surface area contributed by atoms with E-state index in [4.69, 9.17) is 11.6 Å². The van der Waals surface area contributed by atoms with Gasteiger partial charge in [0.2, 0.25) is 0 Å². The molecule has 0 bridgehead atoms. The van der Waals surface area contributed by atoms with Crippen molar-refractivity contribution in [2.24, 2.45) is 0 Å². The minimum atomic E-state index is -0.592. The van der Waals surface area contributed by atoms with Gasteiger partial charge in [0.25, 0.3) is 11.7 Å². The molecule has 0 saturated heterocycles. The highest BCUT2D eigenvalue weighted by Gasteiger charge is 2.29. The Morgan fingerprint density at radius 1 is 1.33 bits per heavy atom. The Balaban J connectivity index is 2.50. The van der Waals surface area contributed by atoms with Crippen molar-refractivity contribution in [3.05, 3.63) is 22.7 Å². The van der Waals surface area contributed by atoms with Crippen LogP contribution in [0.4, 0.5) is 11.4 Å². The first kappa shape index (κ1) is 12.9. The van der Waals surface area contributed by atoms with Crippen LogP contribution < -0.4 is 10.2 Å².